The van der Waals surface area contributed by atoms with Crippen LogP contribution in [0.2, 0.25) is 0 Å². The second-order valence-electron chi connectivity index (χ2n) is 8.36. The molecule has 0 amide bonds. The van der Waals surface area contributed by atoms with E-state index in [0.717, 1.165) is 12.8 Å². The van der Waals surface area contributed by atoms with E-state index in [0.29, 0.717) is 37.9 Å². The van der Waals surface area contributed by atoms with Gasteiger partial charge in [-0.25, -0.2) is 0 Å². The molecule has 0 N–H and O–H groups in total. The van der Waals surface area contributed by atoms with Gasteiger partial charge in [0.25, 0.3) is 0 Å². The molecule has 2 unspecified atom stereocenters. The molecule has 0 aliphatic heterocycles. The van der Waals surface area contributed by atoms with Gasteiger partial charge in [0, 0.05) is 24.8 Å². The first kappa shape index (κ1) is 50.7. The smallest absolute Gasteiger partial charge is 0.550 e. The second-order valence-corrected chi connectivity index (χ2v) is 8.36. The van der Waals surface area contributed by atoms with Crippen molar-refractivity contribution in [2.45, 2.75) is 132 Å². The third kappa shape index (κ3) is 48.9. The minimum atomic E-state index is -0.995. The summed E-state index contributed by atoms with van der Waals surface area (Å²) in [6.45, 7) is 16.6. The molecule has 216 valence electrons. The molecule has 0 aromatic rings. The number of hydrogen-bond acceptors (Lipinski definition) is 8. The van der Waals surface area contributed by atoms with Crippen molar-refractivity contribution in [2.75, 3.05) is 13.2 Å². The van der Waals surface area contributed by atoms with Crippen LogP contribution in [0.15, 0.2) is 0 Å². The number of carbonyl (C=O) groups excluding carboxylic acids is 4. The summed E-state index contributed by atoms with van der Waals surface area (Å²) in [5.41, 5.74) is 0. The molecule has 0 spiro atoms. The predicted octanol–water partition coefficient (Wildman–Crippen LogP) is -1.39. The summed E-state index contributed by atoms with van der Waals surface area (Å²) in [6, 6.07) is 0. The van der Waals surface area contributed by atoms with Crippen molar-refractivity contribution in [3.05, 3.63) is 0 Å². The normalized spacial score (nSPS) is 10.5. The van der Waals surface area contributed by atoms with Crippen molar-refractivity contribution >= 4 is 23.9 Å². The van der Waals surface area contributed by atoms with Gasteiger partial charge in [0.2, 0.25) is 0 Å². The zero-order chi connectivity index (χ0) is 28.8. The van der Waals surface area contributed by atoms with E-state index in [1.54, 1.807) is 0 Å². The first-order valence-corrected chi connectivity index (χ1v) is 13.7. The molecular weight excluding hydrogens is 510 g/mol. The van der Waals surface area contributed by atoms with Crippen molar-refractivity contribution in [1.29, 1.82) is 0 Å². The molecule has 0 aromatic carbocycles. The summed E-state index contributed by atoms with van der Waals surface area (Å²) >= 11 is 0. The van der Waals surface area contributed by atoms with E-state index in [2.05, 4.69) is 27.7 Å². The van der Waals surface area contributed by atoms with Gasteiger partial charge in [-0.05, 0) is 37.5 Å². The molecule has 10 heteroatoms. The van der Waals surface area contributed by atoms with Gasteiger partial charge in [0.15, 0.2) is 0 Å². The first-order valence-electron chi connectivity index (χ1n) is 13.7. The minimum absolute atomic E-state index is 0. The Kier molecular flexibility index (Phi) is 55.2. The Morgan fingerprint density at radius 3 is 0.974 bits per heavy atom. The van der Waals surface area contributed by atoms with Crippen LogP contribution in [0.5, 0.6) is 0 Å². The van der Waals surface area contributed by atoms with Crippen LogP contribution >= 0.6 is 0 Å². The van der Waals surface area contributed by atoms with Crippen LogP contribution in [0.1, 0.15) is 132 Å². The molecule has 0 radical (unpaired) electrons. The predicted molar refractivity (Wildman–Crippen MR) is 140 cm³/mol. The topological polar surface area (TPSA) is 133 Å². The molecule has 0 heterocycles. The Hall–Kier alpha value is -0.120. The van der Waals surface area contributed by atoms with Gasteiger partial charge in [-0.2, -0.15) is 0 Å². The first-order chi connectivity index (χ1) is 17.0. The maximum absolute atomic E-state index is 10.9. The maximum Gasteiger partial charge on any atom is 1.00 e. The van der Waals surface area contributed by atoms with Gasteiger partial charge in [0.1, 0.15) is 0 Å². The van der Waals surface area contributed by atoms with E-state index in [1.807, 2.05) is 13.8 Å². The second kappa shape index (κ2) is 41.4. The van der Waals surface area contributed by atoms with Gasteiger partial charge in [-0.1, -0.05) is 93.9 Å². The van der Waals surface area contributed by atoms with Crippen molar-refractivity contribution < 1.29 is 98.0 Å². The van der Waals surface area contributed by atoms with Gasteiger partial charge < -0.3 is 29.3 Å². The Balaban J connectivity index is -0.0000000962. The number of carboxylic acids is 2. The van der Waals surface area contributed by atoms with Gasteiger partial charge >= 0.3 is 71.1 Å². The van der Waals surface area contributed by atoms with Crippen LogP contribution in [0.25, 0.3) is 0 Å². The van der Waals surface area contributed by atoms with E-state index in [1.165, 1.54) is 52.4 Å². The summed E-state index contributed by atoms with van der Waals surface area (Å²) in [4.78, 5) is 40.3. The largest absolute Gasteiger partial charge is 1.00 e. The third-order valence-electron chi connectivity index (χ3n) is 5.20. The zero-order valence-corrected chi connectivity index (χ0v) is 30.3. The minimum Gasteiger partial charge on any atom is -0.550 e. The Bertz CT molecular complexity index is 485. The number of hydrogen-bond donors (Lipinski definition) is 0. The monoisotopic (exact) mass is 564 g/mol. The molecule has 38 heavy (non-hydrogen) atoms. The van der Waals surface area contributed by atoms with Crippen LogP contribution in [0.4, 0.5) is 0 Å². The fourth-order valence-corrected chi connectivity index (χ4v) is 2.42. The molecular formula is C28H54Na2O8. The van der Waals surface area contributed by atoms with Crippen molar-refractivity contribution in [3.63, 3.8) is 0 Å². The van der Waals surface area contributed by atoms with Gasteiger partial charge in [-0.15, -0.1) is 0 Å². The quantitative estimate of drug-likeness (QED) is 0.165. The standard InChI is InChI=1S/2C11H22O2.2C3H6O2.2Na/c2*1-4-7-8-10(5-2)9-13-11(12)6-3;2*1-2-3(4)5;;/h2*10H,4-9H2,1-3H3;2*2H2,1H3,(H,4,5);;/q;;;;2*+1/p-2. The molecule has 0 aliphatic rings. The molecule has 0 saturated carbocycles. The summed E-state index contributed by atoms with van der Waals surface area (Å²) in [6.07, 6.45) is 10.7. The third-order valence-corrected chi connectivity index (χ3v) is 5.20. The van der Waals surface area contributed by atoms with Crippen LogP contribution in [0.3, 0.4) is 0 Å². The maximum atomic E-state index is 10.9. The fourth-order valence-electron chi connectivity index (χ4n) is 2.42. The molecule has 0 rings (SSSR count). The van der Waals surface area contributed by atoms with E-state index >= 15 is 0 Å². The number of carbonyl (C=O) groups is 4. The number of aliphatic carboxylic acids is 2. The number of esters is 2. The summed E-state index contributed by atoms with van der Waals surface area (Å²) in [5, 5.41) is 18.5. The molecule has 0 saturated heterocycles. The Morgan fingerprint density at radius 2 is 0.816 bits per heavy atom. The van der Waals surface area contributed by atoms with Crippen LogP contribution in [0, 0.1) is 11.8 Å². The molecule has 2 atom stereocenters. The van der Waals surface area contributed by atoms with E-state index in [-0.39, 0.29) is 83.9 Å². The van der Waals surface area contributed by atoms with Crippen molar-refractivity contribution in [2.24, 2.45) is 11.8 Å². The zero-order valence-electron chi connectivity index (χ0n) is 26.3. The fraction of sp³-hybridized carbons (Fsp3) is 0.857. The number of carboxylic acid groups (broad SMARTS) is 2. The van der Waals surface area contributed by atoms with E-state index in [4.69, 9.17) is 9.47 Å². The Labute approximate surface area is 277 Å². The van der Waals surface area contributed by atoms with Crippen molar-refractivity contribution in [1.82, 2.24) is 0 Å². The molecule has 0 aromatic heterocycles. The van der Waals surface area contributed by atoms with Gasteiger partial charge in [-0.3, -0.25) is 9.59 Å². The number of unbranched alkanes of at least 4 members (excludes halogenated alkanes) is 2. The Morgan fingerprint density at radius 1 is 0.553 bits per heavy atom. The van der Waals surface area contributed by atoms with Gasteiger partial charge in [0.05, 0.1) is 13.2 Å². The summed E-state index contributed by atoms with van der Waals surface area (Å²) < 4.78 is 10.2. The van der Waals surface area contributed by atoms with Crippen LogP contribution < -0.4 is 69.3 Å². The van der Waals surface area contributed by atoms with Crippen molar-refractivity contribution in [3.8, 4) is 0 Å². The van der Waals surface area contributed by atoms with E-state index < -0.39 is 11.9 Å². The molecule has 0 bridgehead atoms. The molecule has 0 aliphatic carbocycles. The summed E-state index contributed by atoms with van der Waals surface area (Å²) in [7, 11) is 0. The summed E-state index contributed by atoms with van der Waals surface area (Å²) in [5.74, 6) is -1.01. The number of ether oxygens (including phenoxy) is 2. The van der Waals surface area contributed by atoms with Crippen LogP contribution in [-0.4, -0.2) is 37.1 Å². The SMILES string of the molecule is CCC(=O)[O-].CCC(=O)[O-].CCCCC(CC)COC(=O)CC.CCCCC(CC)COC(=O)CC.[Na+].[Na+]. The van der Waals surface area contributed by atoms with E-state index in [9.17, 15) is 29.4 Å². The molecule has 0 fully saturated rings. The average Bonchev–Trinajstić information content (AvgIpc) is 2.89. The average molecular weight is 565 g/mol. The number of rotatable bonds is 16. The van der Waals surface area contributed by atoms with Crippen LogP contribution in [-0.2, 0) is 28.7 Å². The molecule has 8 nitrogen and oxygen atoms in total.